The second-order valence-electron chi connectivity index (χ2n) is 7.40. The molecular formula is C24H24ClN3O2. The molecule has 0 spiro atoms. The molecule has 0 radical (unpaired) electrons. The maximum atomic E-state index is 12.8. The fraction of sp³-hybridized carbons (Fsp3) is 0.250. The highest BCUT2D eigenvalue weighted by Gasteiger charge is 2.23. The number of pyridine rings is 1. The van der Waals surface area contributed by atoms with Crippen LogP contribution in [0.1, 0.15) is 28.8 Å². The minimum absolute atomic E-state index is 0.0460. The standard InChI is InChI=1S/C24H24ClN3O2/c25-19-8-4-9-20(16-19)27-23(29)22-10-5-13-26-24(22)30-21-11-14-28(15-12-21)17-18-6-2-1-3-7-18/h1-10,13,16,21H,11-12,14-15,17H2,(H,27,29). The normalized spacial score (nSPS) is 15.0. The second kappa shape index (κ2) is 9.74. The summed E-state index contributed by atoms with van der Waals surface area (Å²) in [6.07, 6.45) is 3.50. The molecule has 0 atom stereocenters. The molecule has 2 heterocycles. The lowest BCUT2D eigenvalue weighted by Gasteiger charge is -2.32. The molecule has 1 aliphatic heterocycles. The van der Waals surface area contributed by atoms with E-state index in [4.69, 9.17) is 16.3 Å². The number of benzene rings is 2. The van der Waals surface area contributed by atoms with Gasteiger partial charge in [-0.3, -0.25) is 9.69 Å². The Hall–Kier alpha value is -2.89. The zero-order valence-corrected chi connectivity index (χ0v) is 17.4. The van der Waals surface area contributed by atoms with E-state index >= 15 is 0 Å². The Balaban J connectivity index is 1.36. The summed E-state index contributed by atoms with van der Waals surface area (Å²) in [7, 11) is 0. The topological polar surface area (TPSA) is 54.5 Å². The van der Waals surface area contributed by atoms with E-state index in [2.05, 4.69) is 39.5 Å². The van der Waals surface area contributed by atoms with Crippen LogP contribution in [-0.4, -0.2) is 35.0 Å². The summed E-state index contributed by atoms with van der Waals surface area (Å²) in [6.45, 7) is 2.86. The van der Waals surface area contributed by atoms with Gasteiger partial charge in [0.15, 0.2) is 0 Å². The van der Waals surface area contributed by atoms with Gasteiger partial charge in [-0.15, -0.1) is 0 Å². The van der Waals surface area contributed by atoms with Crippen molar-refractivity contribution in [3.05, 3.63) is 89.1 Å². The van der Waals surface area contributed by atoms with E-state index in [9.17, 15) is 4.79 Å². The zero-order valence-electron chi connectivity index (χ0n) is 16.6. The van der Waals surface area contributed by atoms with E-state index in [-0.39, 0.29) is 12.0 Å². The molecule has 2 aromatic carbocycles. The van der Waals surface area contributed by atoms with Gasteiger partial charge in [0.05, 0.1) is 0 Å². The first kappa shape index (κ1) is 20.4. The number of nitrogens with one attached hydrogen (secondary N) is 1. The molecule has 30 heavy (non-hydrogen) atoms. The van der Waals surface area contributed by atoms with E-state index in [0.717, 1.165) is 32.5 Å². The third-order valence-electron chi connectivity index (χ3n) is 5.16. The molecule has 1 saturated heterocycles. The zero-order chi connectivity index (χ0) is 20.8. The molecule has 0 saturated carbocycles. The molecule has 0 aliphatic carbocycles. The molecule has 1 fully saturated rings. The van der Waals surface area contributed by atoms with Crippen LogP contribution >= 0.6 is 11.6 Å². The van der Waals surface area contributed by atoms with Crippen molar-refractivity contribution in [3.63, 3.8) is 0 Å². The number of ether oxygens (including phenoxy) is 1. The van der Waals surface area contributed by atoms with E-state index < -0.39 is 0 Å². The van der Waals surface area contributed by atoms with E-state index in [1.54, 1.807) is 42.6 Å². The third kappa shape index (κ3) is 5.38. The third-order valence-corrected chi connectivity index (χ3v) is 5.40. The monoisotopic (exact) mass is 421 g/mol. The van der Waals surface area contributed by atoms with Crippen LogP contribution < -0.4 is 10.1 Å². The Bertz CT molecular complexity index is 989. The Labute approximate surface area is 181 Å². The molecule has 1 N–H and O–H groups in total. The fourth-order valence-electron chi connectivity index (χ4n) is 3.61. The van der Waals surface area contributed by atoms with Gasteiger partial charge in [0.2, 0.25) is 5.88 Å². The van der Waals surface area contributed by atoms with Crippen molar-refractivity contribution in [2.45, 2.75) is 25.5 Å². The Morgan fingerprint density at radius 1 is 1.07 bits per heavy atom. The van der Waals surface area contributed by atoms with Crippen LogP contribution in [0.15, 0.2) is 72.9 Å². The lowest BCUT2D eigenvalue weighted by molar-refractivity contribution is 0.0895. The van der Waals surface area contributed by atoms with Crippen LogP contribution in [0.2, 0.25) is 5.02 Å². The first-order chi connectivity index (χ1) is 14.7. The smallest absolute Gasteiger partial charge is 0.261 e. The number of anilines is 1. The predicted octanol–water partition coefficient (Wildman–Crippen LogP) is 5.03. The minimum atomic E-state index is -0.262. The number of aromatic nitrogens is 1. The fourth-order valence-corrected chi connectivity index (χ4v) is 3.80. The number of amides is 1. The van der Waals surface area contributed by atoms with Gasteiger partial charge in [-0.1, -0.05) is 48.0 Å². The lowest BCUT2D eigenvalue weighted by Crippen LogP contribution is -2.38. The molecular weight excluding hydrogens is 398 g/mol. The van der Waals surface area contributed by atoms with Gasteiger partial charge in [0, 0.05) is 36.5 Å². The van der Waals surface area contributed by atoms with Gasteiger partial charge in [0.25, 0.3) is 5.91 Å². The number of carbonyl (C=O) groups excluding carboxylic acids is 1. The van der Waals surface area contributed by atoms with Crippen molar-refractivity contribution in [2.75, 3.05) is 18.4 Å². The summed E-state index contributed by atoms with van der Waals surface area (Å²) in [6, 6.07) is 21.0. The maximum Gasteiger partial charge on any atom is 0.261 e. The summed E-state index contributed by atoms with van der Waals surface area (Å²) in [5, 5.41) is 3.43. The van der Waals surface area contributed by atoms with Crippen LogP contribution in [0.4, 0.5) is 5.69 Å². The molecule has 3 aromatic rings. The minimum Gasteiger partial charge on any atom is -0.474 e. The van der Waals surface area contributed by atoms with E-state index in [1.807, 2.05) is 6.07 Å². The Morgan fingerprint density at radius 3 is 2.63 bits per heavy atom. The summed E-state index contributed by atoms with van der Waals surface area (Å²) in [4.78, 5) is 19.5. The highest BCUT2D eigenvalue weighted by molar-refractivity contribution is 6.31. The Morgan fingerprint density at radius 2 is 1.87 bits per heavy atom. The number of piperidine rings is 1. The summed E-state index contributed by atoms with van der Waals surface area (Å²) in [5.41, 5.74) is 2.38. The molecule has 6 heteroatoms. The molecule has 1 amide bonds. The van der Waals surface area contributed by atoms with E-state index in [1.165, 1.54) is 5.56 Å². The van der Waals surface area contributed by atoms with Gasteiger partial charge in [-0.2, -0.15) is 0 Å². The van der Waals surface area contributed by atoms with Crippen molar-refractivity contribution in [3.8, 4) is 5.88 Å². The van der Waals surface area contributed by atoms with Crippen molar-refractivity contribution in [2.24, 2.45) is 0 Å². The summed E-state index contributed by atoms with van der Waals surface area (Å²) in [5.74, 6) is 0.111. The largest absolute Gasteiger partial charge is 0.474 e. The molecule has 4 rings (SSSR count). The highest BCUT2D eigenvalue weighted by atomic mass is 35.5. The number of halogens is 1. The molecule has 0 bridgehead atoms. The van der Waals surface area contributed by atoms with Crippen molar-refractivity contribution < 1.29 is 9.53 Å². The molecule has 1 aromatic heterocycles. The van der Waals surface area contributed by atoms with Crippen LogP contribution in [0.25, 0.3) is 0 Å². The van der Waals surface area contributed by atoms with Gasteiger partial charge in [-0.05, 0) is 48.7 Å². The highest BCUT2D eigenvalue weighted by Crippen LogP contribution is 2.23. The van der Waals surface area contributed by atoms with Gasteiger partial charge in [0.1, 0.15) is 11.7 Å². The quantitative estimate of drug-likeness (QED) is 0.606. The van der Waals surface area contributed by atoms with Gasteiger partial charge in [-0.25, -0.2) is 4.98 Å². The maximum absolute atomic E-state index is 12.8. The van der Waals surface area contributed by atoms with Crippen LogP contribution in [0.3, 0.4) is 0 Å². The first-order valence-corrected chi connectivity index (χ1v) is 10.5. The number of hydrogen-bond donors (Lipinski definition) is 1. The lowest BCUT2D eigenvalue weighted by atomic mass is 10.1. The number of likely N-dealkylation sites (tertiary alicyclic amines) is 1. The number of hydrogen-bond acceptors (Lipinski definition) is 4. The van der Waals surface area contributed by atoms with Crippen LogP contribution in [0.5, 0.6) is 5.88 Å². The van der Waals surface area contributed by atoms with Crippen molar-refractivity contribution in [1.82, 2.24) is 9.88 Å². The molecule has 0 unspecified atom stereocenters. The van der Waals surface area contributed by atoms with Crippen molar-refractivity contribution >= 4 is 23.2 Å². The van der Waals surface area contributed by atoms with Gasteiger partial charge >= 0.3 is 0 Å². The molecule has 1 aliphatic rings. The number of carbonyl (C=O) groups is 1. The average molecular weight is 422 g/mol. The van der Waals surface area contributed by atoms with Gasteiger partial charge < -0.3 is 10.1 Å². The summed E-state index contributed by atoms with van der Waals surface area (Å²) >= 11 is 6.00. The van der Waals surface area contributed by atoms with Crippen LogP contribution in [-0.2, 0) is 6.54 Å². The average Bonchev–Trinajstić information content (AvgIpc) is 2.76. The second-order valence-corrected chi connectivity index (χ2v) is 7.84. The first-order valence-electron chi connectivity index (χ1n) is 10.1. The molecule has 154 valence electrons. The number of rotatable bonds is 6. The Kier molecular flexibility index (Phi) is 6.62. The predicted molar refractivity (Wildman–Crippen MR) is 119 cm³/mol. The summed E-state index contributed by atoms with van der Waals surface area (Å²) < 4.78 is 6.14. The number of nitrogens with zero attached hydrogens (tertiary/aromatic N) is 2. The molecule has 5 nitrogen and oxygen atoms in total. The SMILES string of the molecule is O=C(Nc1cccc(Cl)c1)c1cccnc1OC1CCN(Cc2ccccc2)CC1. The van der Waals surface area contributed by atoms with E-state index in [0.29, 0.717) is 22.2 Å². The van der Waals surface area contributed by atoms with Crippen LogP contribution in [0, 0.1) is 0 Å². The van der Waals surface area contributed by atoms with Crippen molar-refractivity contribution in [1.29, 1.82) is 0 Å².